The number of nitrogens with one attached hydrogen (secondary N) is 1. The molecule has 1 amide bonds. The SMILES string of the molecule is COc1ccc(-c2nc(-c3ccc4c(c3)NC(=O)CC4)cs2)cc1OC. The molecule has 0 unspecified atom stereocenters. The molecule has 2 heterocycles. The first-order chi connectivity index (χ1) is 12.7. The highest BCUT2D eigenvalue weighted by molar-refractivity contribution is 7.13. The van der Waals surface area contributed by atoms with Gasteiger partial charge in [-0.05, 0) is 36.2 Å². The van der Waals surface area contributed by atoms with E-state index >= 15 is 0 Å². The Labute approximate surface area is 155 Å². The van der Waals surface area contributed by atoms with Crippen LogP contribution in [0.5, 0.6) is 11.5 Å². The van der Waals surface area contributed by atoms with Crippen LogP contribution in [0.15, 0.2) is 41.8 Å². The lowest BCUT2D eigenvalue weighted by Gasteiger charge is -2.17. The average molecular weight is 366 g/mol. The molecule has 5 nitrogen and oxygen atoms in total. The lowest BCUT2D eigenvalue weighted by Crippen LogP contribution is -2.18. The molecule has 26 heavy (non-hydrogen) atoms. The fraction of sp³-hybridized carbons (Fsp3) is 0.200. The van der Waals surface area contributed by atoms with Crippen molar-refractivity contribution in [3.05, 3.63) is 47.3 Å². The predicted molar refractivity (Wildman–Crippen MR) is 103 cm³/mol. The minimum absolute atomic E-state index is 0.0685. The second-order valence-electron chi connectivity index (χ2n) is 6.03. The first kappa shape index (κ1) is 16.6. The summed E-state index contributed by atoms with van der Waals surface area (Å²) in [6, 6.07) is 11.9. The van der Waals surface area contributed by atoms with E-state index in [0.717, 1.165) is 33.9 Å². The number of carbonyl (C=O) groups excluding carboxylic acids is 1. The zero-order valence-electron chi connectivity index (χ0n) is 14.5. The number of hydrogen-bond acceptors (Lipinski definition) is 5. The molecule has 4 rings (SSSR count). The number of aryl methyl sites for hydroxylation is 1. The Morgan fingerprint density at radius 3 is 2.62 bits per heavy atom. The Morgan fingerprint density at radius 1 is 1.00 bits per heavy atom. The molecule has 0 saturated carbocycles. The van der Waals surface area contributed by atoms with E-state index in [-0.39, 0.29) is 5.91 Å². The third-order valence-corrected chi connectivity index (χ3v) is 5.33. The lowest BCUT2D eigenvalue weighted by molar-refractivity contribution is -0.116. The molecule has 1 aromatic heterocycles. The van der Waals surface area contributed by atoms with Gasteiger partial charge >= 0.3 is 0 Å². The van der Waals surface area contributed by atoms with E-state index < -0.39 is 0 Å². The van der Waals surface area contributed by atoms with Gasteiger partial charge in [-0.25, -0.2) is 4.98 Å². The van der Waals surface area contributed by atoms with E-state index in [0.29, 0.717) is 17.9 Å². The van der Waals surface area contributed by atoms with Crippen LogP contribution in [0.3, 0.4) is 0 Å². The highest BCUT2D eigenvalue weighted by atomic mass is 32.1. The molecule has 1 aliphatic rings. The maximum atomic E-state index is 11.6. The Kier molecular flexibility index (Phi) is 4.34. The predicted octanol–water partition coefficient (Wildman–Crippen LogP) is 4.38. The summed E-state index contributed by atoms with van der Waals surface area (Å²) < 4.78 is 10.7. The van der Waals surface area contributed by atoms with Crippen LogP contribution < -0.4 is 14.8 Å². The zero-order chi connectivity index (χ0) is 18.1. The standard InChI is InChI=1S/C20H18N2O3S/c1-24-17-7-5-14(10-18(17)25-2)20-22-16(11-26-20)13-4-3-12-6-8-19(23)21-15(12)9-13/h3-5,7,9-11H,6,8H2,1-2H3,(H,21,23). The van der Waals surface area contributed by atoms with Gasteiger partial charge in [-0.1, -0.05) is 12.1 Å². The summed E-state index contributed by atoms with van der Waals surface area (Å²) in [5.41, 5.74) is 4.92. The molecule has 3 aromatic rings. The third-order valence-electron chi connectivity index (χ3n) is 4.44. The number of hydrogen-bond donors (Lipinski definition) is 1. The summed E-state index contributed by atoms with van der Waals surface area (Å²) in [5, 5.41) is 5.87. The number of aromatic nitrogens is 1. The van der Waals surface area contributed by atoms with Crippen molar-refractivity contribution in [3.8, 4) is 33.3 Å². The summed E-state index contributed by atoms with van der Waals surface area (Å²) >= 11 is 1.57. The van der Waals surface area contributed by atoms with E-state index in [1.807, 2.05) is 29.6 Å². The normalized spacial score (nSPS) is 13.1. The second kappa shape index (κ2) is 6.80. The van der Waals surface area contributed by atoms with Gasteiger partial charge < -0.3 is 14.8 Å². The Hall–Kier alpha value is -2.86. The number of rotatable bonds is 4. The molecule has 132 valence electrons. The molecular weight excluding hydrogens is 348 g/mol. The van der Waals surface area contributed by atoms with E-state index in [2.05, 4.69) is 17.4 Å². The van der Waals surface area contributed by atoms with Gasteiger partial charge in [0.1, 0.15) is 5.01 Å². The van der Waals surface area contributed by atoms with Crippen molar-refractivity contribution < 1.29 is 14.3 Å². The van der Waals surface area contributed by atoms with E-state index in [4.69, 9.17) is 14.5 Å². The third kappa shape index (κ3) is 3.04. The maximum Gasteiger partial charge on any atom is 0.224 e. The molecule has 0 bridgehead atoms. The monoisotopic (exact) mass is 366 g/mol. The van der Waals surface area contributed by atoms with Crippen molar-refractivity contribution in [2.24, 2.45) is 0 Å². The molecule has 0 spiro atoms. The smallest absolute Gasteiger partial charge is 0.224 e. The largest absolute Gasteiger partial charge is 0.493 e. The number of fused-ring (bicyclic) bond motifs is 1. The van der Waals surface area contributed by atoms with E-state index in [1.54, 1.807) is 25.6 Å². The van der Waals surface area contributed by atoms with Crippen LogP contribution in [0.2, 0.25) is 0 Å². The quantitative estimate of drug-likeness (QED) is 0.744. The van der Waals surface area contributed by atoms with E-state index in [1.165, 1.54) is 5.56 Å². The van der Waals surface area contributed by atoms with Crippen LogP contribution >= 0.6 is 11.3 Å². The topological polar surface area (TPSA) is 60.5 Å². The van der Waals surface area contributed by atoms with Crippen LogP contribution in [0.4, 0.5) is 5.69 Å². The van der Waals surface area contributed by atoms with Crippen molar-refractivity contribution in [3.63, 3.8) is 0 Å². The molecule has 6 heteroatoms. The molecule has 1 N–H and O–H groups in total. The summed E-state index contributed by atoms with van der Waals surface area (Å²) in [5.74, 6) is 1.44. The average Bonchev–Trinajstić information content (AvgIpc) is 3.17. The number of methoxy groups -OCH3 is 2. The van der Waals surface area contributed by atoms with Gasteiger partial charge in [0.25, 0.3) is 0 Å². The van der Waals surface area contributed by atoms with Gasteiger partial charge in [-0.2, -0.15) is 0 Å². The van der Waals surface area contributed by atoms with Crippen LogP contribution in [0.25, 0.3) is 21.8 Å². The van der Waals surface area contributed by atoms with Crippen molar-refractivity contribution >= 4 is 22.9 Å². The van der Waals surface area contributed by atoms with Crippen molar-refractivity contribution in [1.29, 1.82) is 0 Å². The van der Waals surface area contributed by atoms with Crippen LogP contribution in [-0.4, -0.2) is 25.1 Å². The van der Waals surface area contributed by atoms with Gasteiger partial charge in [0, 0.05) is 28.6 Å². The van der Waals surface area contributed by atoms with Crippen LogP contribution in [0.1, 0.15) is 12.0 Å². The first-order valence-corrected chi connectivity index (χ1v) is 9.17. The molecule has 2 aromatic carbocycles. The number of anilines is 1. The fourth-order valence-electron chi connectivity index (χ4n) is 3.04. The molecule has 0 atom stereocenters. The van der Waals surface area contributed by atoms with Gasteiger partial charge in [0.05, 0.1) is 19.9 Å². The van der Waals surface area contributed by atoms with Crippen molar-refractivity contribution in [2.45, 2.75) is 12.8 Å². The highest BCUT2D eigenvalue weighted by Crippen LogP contribution is 2.36. The Balaban J connectivity index is 1.66. The minimum atomic E-state index is 0.0685. The van der Waals surface area contributed by atoms with Crippen molar-refractivity contribution in [1.82, 2.24) is 4.98 Å². The van der Waals surface area contributed by atoms with Gasteiger partial charge in [-0.15, -0.1) is 11.3 Å². The van der Waals surface area contributed by atoms with Crippen LogP contribution in [0, 0.1) is 0 Å². The number of benzene rings is 2. The number of amides is 1. The lowest BCUT2D eigenvalue weighted by atomic mass is 10.00. The molecule has 1 aliphatic heterocycles. The molecule has 0 aliphatic carbocycles. The van der Waals surface area contributed by atoms with Crippen LogP contribution in [-0.2, 0) is 11.2 Å². The highest BCUT2D eigenvalue weighted by Gasteiger charge is 2.16. The minimum Gasteiger partial charge on any atom is -0.493 e. The second-order valence-corrected chi connectivity index (χ2v) is 6.89. The summed E-state index contributed by atoms with van der Waals surface area (Å²) in [6.45, 7) is 0. The van der Waals surface area contributed by atoms with Gasteiger partial charge in [0.2, 0.25) is 5.91 Å². The number of ether oxygens (including phenoxy) is 2. The maximum absolute atomic E-state index is 11.6. The molecule has 0 saturated heterocycles. The molecular formula is C20H18N2O3S. The Morgan fingerprint density at radius 2 is 1.81 bits per heavy atom. The fourth-order valence-corrected chi connectivity index (χ4v) is 3.87. The van der Waals surface area contributed by atoms with Crippen molar-refractivity contribution in [2.75, 3.05) is 19.5 Å². The zero-order valence-corrected chi connectivity index (χ0v) is 15.4. The van der Waals surface area contributed by atoms with E-state index in [9.17, 15) is 4.79 Å². The first-order valence-electron chi connectivity index (χ1n) is 8.29. The van der Waals surface area contributed by atoms with Gasteiger partial charge in [0.15, 0.2) is 11.5 Å². The summed E-state index contributed by atoms with van der Waals surface area (Å²) in [4.78, 5) is 16.4. The summed E-state index contributed by atoms with van der Waals surface area (Å²) in [7, 11) is 3.24. The molecule has 0 radical (unpaired) electrons. The number of nitrogens with zero attached hydrogens (tertiary/aromatic N) is 1. The Bertz CT molecular complexity index is 981. The summed E-state index contributed by atoms with van der Waals surface area (Å²) in [6.07, 6.45) is 1.34. The van der Waals surface area contributed by atoms with Gasteiger partial charge in [-0.3, -0.25) is 4.79 Å². The number of carbonyl (C=O) groups is 1. The molecule has 0 fully saturated rings. The number of thiazole rings is 1.